The van der Waals surface area contributed by atoms with Crippen molar-refractivity contribution in [3.8, 4) is 17.6 Å². The molecule has 1 aromatic carbocycles. The van der Waals surface area contributed by atoms with Crippen molar-refractivity contribution in [1.82, 2.24) is 0 Å². The van der Waals surface area contributed by atoms with E-state index in [0.717, 1.165) is 22.6 Å². The minimum atomic E-state index is -0.0515. The van der Waals surface area contributed by atoms with E-state index in [1.807, 2.05) is 12.1 Å². The number of benzene rings is 1. The Morgan fingerprint density at radius 3 is 2.24 bits per heavy atom. The fraction of sp³-hybridized carbons (Fsp3) is 0.500. The molecule has 3 nitrogen and oxygen atoms in total. The molecule has 0 atom stereocenters. The van der Waals surface area contributed by atoms with Crippen LogP contribution in [0, 0.1) is 11.3 Å². The molecule has 1 aromatic rings. The van der Waals surface area contributed by atoms with Gasteiger partial charge >= 0.3 is 0 Å². The van der Waals surface area contributed by atoms with Gasteiger partial charge in [0, 0.05) is 11.1 Å². The molecule has 0 aliphatic carbocycles. The lowest BCUT2D eigenvalue weighted by Crippen LogP contribution is -2.14. The van der Waals surface area contributed by atoms with E-state index in [9.17, 15) is 0 Å². The number of hydrogen-bond acceptors (Lipinski definition) is 3. The summed E-state index contributed by atoms with van der Waals surface area (Å²) in [6, 6.07) is 5.98. The maximum atomic E-state index is 8.85. The van der Waals surface area contributed by atoms with Crippen molar-refractivity contribution in [3.05, 3.63) is 23.3 Å². The minimum Gasteiger partial charge on any atom is -0.497 e. The predicted octanol–water partition coefficient (Wildman–Crippen LogP) is 3.07. The molecule has 0 spiro atoms. The van der Waals surface area contributed by atoms with E-state index < -0.39 is 0 Å². The van der Waals surface area contributed by atoms with Gasteiger partial charge in [0.25, 0.3) is 0 Å². The van der Waals surface area contributed by atoms with Gasteiger partial charge in [-0.05, 0) is 17.5 Å². The number of hydrogen-bond donors (Lipinski definition) is 0. The molecule has 0 aliphatic rings. The Hall–Kier alpha value is -1.69. The van der Waals surface area contributed by atoms with Crippen molar-refractivity contribution in [2.75, 3.05) is 14.2 Å². The van der Waals surface area contributed by atoms with Gasteiger partial charge in [0.15, 0.2) is 0 Å². The van der Waals surface area contributed by atoms with Crippen LogP contribution in [-0.4, -0.2) is 14.2 Å². The molecule has 0 unspecified atom stereocenters. The van der Waals surface area contributed by atoms with E-state index in [1.54, 1.807) is 14.2 Å². The summed E-state index contributed by atoms with van der Waals surface area (Å²) in [5.41, 5.74) is 1.88. The van der Waals surface area contributed by atoms with Crippen LogP contribution in [0.2, 0.25) is 0 Å². The Balaban J connectivity index is 3.46. The molecule has 3 heteroatoms. The first-order chi connectivity index (χ1) is 7.93. The van der Waals surface area contributed by atoms with Crippen LogP contribution in [0.1, 0.15) is 31.9 Å². The van der Waals surface area contributed by atoms with Crippen molar-refractivity contribution < 1.29 is 9.47 Å². The second-order valence-electron chi connectivity index (χ2n) is 4.95. The molecular formula is C14H19NO2. The summed E-state index contributed by atoms with van der Waals surface area (Å²) in [5, 5.41) is 8.85. The van der Waals surface area contributed by atoms with Crippen LogP contribution in [0.25, 0.3) is 0 Å². The zero-order chi connectivity index (χ0) is 13.1. The Bertz CT molecular complexity index is 439. The topological polar surface area (TPSA) is 42.2 Å². The van der Waals surface area contributed by atoms with E-state index in [1.165, 1.54) is 0 Å². The maximum absolute atomic E-state index is 8.85. The summed E-state index contributed by atoms with van der Waals surface area (Å²) >= 11 is 0. The van der Waals surface area contributed by atoms with Crippen molar-refractivity contribution >= 4 is 0 Å². The Morgan fingerprint density at radius 1 is 1.18 bits per heavy atom. The average Bonchev–Trinajstić information content (AvgIpc) is 2.27. The van der Waals surface area contributed by atoms with Crippen molar-refractivity contribution in [3.63, 3.8) is 0 Å². The summed E-state index contributed by atoms with van der Waals surface area (Å²) in [4.78, 5) is 0. The minimum absolute atomic E-state index is 0.0515. The lowest BCUT2D eigenvalue weighted by molar-refractivity contribution is 0.384. The van der Waals surface area contributed by atoms with Gasteiger partial charge < -0.3 is 9.47 Å². The van der Waals surface area contributed by atoms with Crippen molar-refractivity contribution in [1.29, 1.82) is 5.26 Å². The molecule has 0 amide bonds. The van der Waals surface area contributed by atoms with E-state index in [2.05, 4.69) is 26.8 Å². The van der Waals surface area contributed by atoms with Crippen molar-refractivity contribution in [2.24, 2.45) is 0 Å². The zero-order valence-corrected chi connectivity index (χ0v) is 11.1. The van der Waals surface area contributed by atoms with Gasteiger partial charge in [-0.2, -0.15) is 5.26 Å². The summed E-state index contributed by atoms with van der Waals surface area (Å²) in [5.74, 6) is 1.56. The fourth-order valence-electron chi connectivity index (χ4n) is 1.79. The molecule has 92 valence electrons. The number of ether oxygens (including phenoxy) is 2. The second kappa shape index (κ2) is 5.09. The van der Waals surface area contributed by atoms with Crippen LogP contribution in [0.4, 0.5) is 0 Å². The molecule has 0 aliphatic heterocycles. The molecule has 0 fully saturated rings. The lowest BCUT2D eigenvalue weighted by Gasteiger charge is -2.24. The van der Waals surface area contributed by atoms with Gasteiger partial charge in [-0.15, -0.1) is 0 Å². The van der Waals surface area contributed by atoms with Gasteiger partial charge in [-0.25, -0.2) is 0 Å². The highest BCUT2D eigenvalue weighted by Gasteiger charge is 2.22. The zero-order valence-electron chi connectivity index (χ0n) is 11.1. The quantitative estimate of drug-likeness (QED) is 0.805. The number of rotatable bonds is 3. The van der Waals surface area contributed by atoms with Gasteiger partial charge in [-0.3, -0.25) is 0 Å². The molecule has 0 radical (unpaired) electrons. The highest BCUT2D eigenvalue weighted by atomic mass is 16.5. The van der Waals surface area contributed by atoms with Gasteiger partial charge in [0.05, 0.1) is 26.7 Å². The Labute approximate surface area is 103 Å². The predicted molar refractivity (Wildman–Crippen MR) is 67.6 cm³/mol. The SMILES string of the molecule is COc1cc(CC#N)c(OC)c(C(C)(C)C)c1. The van der Waals surface area contributed by atoms with E-state index in [4.69, 9.17) is 14.7 Å². The van der Waals surface area contributed by atoms with Crippen LogP contribution in [0.3, 0.4) is 0 Å². The lowest BCUT2D eigenvalue weighted by atomic mass is 9.84. The smallest absolute Gasteiger partial charge is 0.127 e. The Kier molecular flexibility index (Phi) is 4.01. The monoisotopic (exact) mass is 233 g/mol. The maximum Gasteiger partial charge on any atom is 0.127 e. The number of nitriles is 1. The molecule has 0 heterocycles. The molecule has 0 bridgehead atoms. The van der Waals surface area contributed by atoms with Gasteiger partial charge in [0.1, 0.15) is 11.5 Å². The molecule has 1 rings (SSSR count). The van der Waals surface area contributed by atoms with Crippen LogP contribution in [0.5, 0.6) is 11.5 Å². The highest BCUT2D eigenvalue weighted by molar-refractivity contribution is 5.51. The first-order valence-corrected chi connectivity index (χ1v) is 5.56. The molecular weight excluding hydrogens is 214 g/mol. The third-order valence-corrected chi connectivity index (χ3v) is 2.66. The first kappa shape index (κ1) is 13.4. The molecule has 0 aromatic heterocycles. The third kappa shape index (κ3) is 2.91. The molecule has 0 saturated carbocycles. The average molecular weight is 233 g/mol. The number of methoxy groups -OCH3 is 2. The standard InChI is InChI=1S/C14H19NO2/c1-14(2,3)12-9-11(16-4)8-10(6-7-15)13(12)17-5/h8-9H,6H2,1-5H3. The summed E-state index contributed by atoms with van der Waals surface area (Å²) < 4.78 is 10.7. The third-order valence-electron chi connectivity index (χ3n) is 2.66. The van der Waals surface area contributed by atoms with E-state index in [0.29, 0.717) is 6.42 Å². The van der Waals surface area contributed by atoms with Crippen molar-refractivity contribution in [2.45, 2.75) is 32.6 Å². The summed E-state index contributed by atoms with van der Waals surface area (Å²) in [7, 11) is 3.27. The van der Waals surface area contributed by atoms with Crippen LogP contribution < -0.4 is 9.47 Å². The Morgan fingerprint density at radius 2 is 1.82 bits per heavy atom. The van der Waals surface area contributed by atoms with Gasteiger partial charge in [-0.1, -0.05) is 20.8 Å². The summed E-state index contributed by atoms with van der Waals surface area (Å²) in [6.07, 6.45) is 0.323. The molecule has 0 N–H and O–H groups in total. The molecule has 0 saturated heterocycles. The summed E-state index contributed by atoms with van der Waals surface area (Å²) in [6.45, 7) is 6.33. The van der Waals surface area contributed by atoms with Crippen LogP contribution in [0.15, 0.2) is 12.1 Å². The fourth-order valence-corrected chi connectivity index (χ4v) is 1.79. The van der Waals surface area contributed by atoms with Crippen LogP contribution >= 0.6 is 0 Å². The largest absolute Gasteiger partial charge is 0.497 e. The second-order valence-corrected chi connectivity index (χ2v) is 4.95. The van der Waals surface area contributed by atoms with E-state index in [-0.39, 0.29) is 5.41 Å². The number of nitrogens with zero attached hydrogens (tertiary/aromatic N) is 1. The highest BCUT2D eigenvalue weighted by Crippen LogP contribution is 2.37. The van der Waals surface area contributed by atoms with Gasteiger partial charge in [0.2, 0.25) is 0 Å². The van der Waals surface area contributed by atoms with E-state index >= 15 is 0 Å². The van der Waals surface area contributed by atoms with Crippen LogP contribution in [-0.2, 0) is 11.8 Å². The normalized spacial score (nSPS) is 10.8. The first-order valence-electron chi connectivity index (χ1n) is 5.56. The molecule has 17 heavy (non-hydrogen) atoms.